The second-order valence-electron chi connectivity index (χ2n) is 7.04. The molecule has 0 spiro atoms. The number of nitrogens with zero attached hydrogens (tertiary/aromatic N) is 2. The van der Waals surface area contributed by atoms with Crippen molar-refractivity contribution in [2.45, 2.75) is 37.3 Å². The van der Waals surface area contributed by atoms with Crippen molar-refractivity contribution in [3.05, 3.63) is 47.2 Å². The van der Waals surface area contributed by atoms with Crippen molar-refractivity contribution in [3.8, 4) is 0 Å². The number of ether oxygens (including phenoxy) is 1. The molecule has 7 heteroatoms. The molecular weight excluding hydrogens is 332 g/mol. The van der Waals surface area contributed by atoms with E-state index in [9.17, 15) is 9.90 Å². The molecule has 3 atom stereocenters. The Balaban J connectivity index is 1.43. The molecule has 2 aliphatic rings. The predicted octanol–water partition coefficient (Wildman–Crippen LogP) is 2.09. The third-order valence-electron chi connectivity index (χ3n) is 5.21. The van der Waals surface area contributed by atoms with Crippen LogP contribution < -0.4 is 10.6 Å². The van der Waals surface area contributed by atoms with Gasteiger partial charge in [0, 0.05) is 32.1 Å². The van der Waals surface area contributed by atoms with Gasteiger partial charge in [0.15, 0.2) is 0 Å². The van der Waals surface area contributed by atoms with Gasteiger partial charge in [-0.05, 0) is 24.0 Å². The Morgan fingerprint density at radius 3 is 3.04 bits per heavy atom. The summed E-state index contributed by atoms with van der Waals surface area (Å²) in [5.74, 6) is 0.904. The minimum Gasteiger partial charge on any atom is -0.390 e. The first-order valence-electron chi connectivity index (χ1n) is 9.07. The van der Waals surface area contributed by atoms with Crippen LogP contribution >= 0.6 is 0 Å². The number of aliphatic hydroxyl groups excluding tert-OH is 1. The molecule has 0 radical (unpaired) electrons. The van der Waals surface area contributed by atoms with Crippen LogP contribution in [0.3, 0.4) is 0 Å². The smallest absolute Gasteiger partial charge is 0.320 e. The summed E-state index contributed by atoms with van der Waals surface area (Å²) in [6, 6.07) is 8.95. The molecule has 3 N–H and O–H groups in total. The van der Waals surface area contributed by atoms with Gasteiger partial charge in [-0.25, -0.2) is 4.79 Å². The molecule has 2 aromatic rings. The van der Waals surface area contributed by atoms with E-state index in [1.165, 1.54) is 0 Å². The molecule has 26 heavy (non-hydrogen) atoms. The number of fused-ring (bicyclic) bond motifs is 1. The number of carbonyl (C=O) groups is 1. The van der Waals surface area contributed by atoms with Crippen LogP contribution in [0.5, 0.6) is 0 Å². The number of rotatable bonds is 3. The summed E-state index contributed by atoms with van der Waals surface area (Å²) in [5.41, 5.74) is 2.99. The van der Waals surface area contributed by atoms with Gasteiger partial charge < -0.3 is 15.2 Å². The van der Waals surface area contributed by atoms with Gasteiger partial charge in [0.1, 0.15) is 5.82 Å². The number of hydrogen-bond acceptors (Lipinski definition) is 4. The highest BCUT2D eigenvalue weighted by molar-refractivity contribution is 5.88. The normalized spacial score (nSPS) is 24.9. The maximum Gasteiger partial charge on any atom is 0.320 e. The predicted molar refractivity (Wildman–Crippen MR) is 97.1 cm³/mol. The van der Waals surface area contributed by atoms with E-state index in [-0.39, 0.29) is 11.9 Å². The molecule has 1 unspecified atom stereocenters. The van der Waals surface area contributed by atoms with Gasteiger partial charge in [-0.3, -0.25) is 10.00 Å². The average molecular weight is 356 g/mol. The minimum atomic E-state index is -0.611. The Labute approximate surface area is 152 Å². The lowest BCUT2D eigenvalue weighted by atomic mass is 9.99. The van der Waals surface area contributed by atoms with E-state index < -0.39 is 12.1 Å². The number of carbonyl (C=O) groups excluding carboxylic acids is 1. The standard InChI is InChI=1S/C19H24N4O3/c1-23-17(10-15(22-23)13-6-4-8-26-11-13)20-19(25)21-18-14-7-3-2-5-12(14)9-16(18)24/h2-3,5,7,10,13,16,18,24H,4,6,8-9,11H2,1H3,(H2,20,21,25)/t13?,16-,18+/m1/s1. The number of amides is 2. The zero-order chi connectivity index (χ0) is 18.1. The molecule has 1 fully saturated rings. The second-order valence-corrected chi connectivity index (χ2v) is 7.04. The molecule has 1 aliphatic heterocycles. The number of nitrogens with one attached hydrogen (secondary N) is 2. The maximum absolute atomic E-state index is 12.5. The van der Waals surface area contributed by atoms with Crippen LogP contribution in [0.25, 0.3) is 0 Å². The highest BCUT2D eigenvalue weighted by atomic mass is 16.5. The van der Waals surface area contributed by atoms with Crippen molar-refractivity contribution >= 4 is 11.8 Å². The molecule has 1 aromatic heterocycles. The topological polar surface area (TPSA) is 88.4 Å². The van der Waals surface area contributed by atoms with E-state index in [0.717, 1.165) is 36.3 Å². The fourth-order valence-corrected chi connectivity index (χ4v) is 3.82. The number of hydrogen-bond donors (Lipinski definition) is 3. The van der Waals surface area contributed by atoms with Crippen molar-refractivity contribution < 1.29 is 14.6 Å². The summed E-state index contributed by atoms with van der Waals surface area (Å²) in [4.78, 5) is 12.5. The lowest BCUT2D eigenvalue weighted by Crippen LogP contribution is -2.37. The van der Waals surface area contributed by atoms with Gasteiger partial charge in [-0.1, -0.05) is 24.3 Å². The Morgan fingerprint density at radius 2 is 2.23 bits per heavy atom. The summed E-state index contributed by atoms with van der Waals surface area (Å²) >= 11 is 0. The molecular formula is C19H24N4O3. The van der Waals surface area contributed by atoms with Crippen LogP contribution in [-0.4, -0.2) is 40.2 Å². The van der Waals surface area contributed by atoms with Crippen molar-refractivity contribution in [1.29, 1.82) is 0 Å². The van der Waals surface area contributed by atoms with E-state index in [0.29, 0.717) is 18.8 Å². The van der Waals surface area contributed by atoms with Crippen LogP contribution in [0.15, 0.2) is 30.3 Å². The maximum atomic E-state index is 12.5. The van der Waals surface area contributed by atoms with Crippen molar-refractivity contribution in [1.82, 2.24) is 15.1 Å². The Hall–Kier alpha value is -2.38. The third kappa shape index (κ3) is 3.32. The highest BCUT2D eigenvalue weighted by Crippen LogP contribution is 2.31. The van der Waals surface area contributed by atoms with Crippen LogP contribution in [-0.2, 0) is 18.2 Å². The molecule has 0 bridgehead atoms. The SMILES string of the molecule is Cn1nc(C2CCCOC2)cc1NC(=O)N[C@H]1c2ccccc2C[C@H]1O. The molecule has 2 amide bonds. The molecule has 0 saturated carbocycles. The highest BCUT2D eigenvalue weighted by Gasteiger charge is 2.32. The van der Waals surface area contributed by atoms with E-state index in [2.05, 4.69) is 15.7 Å². The summed E-state index contributed by atoms with van der Waals surface area (Å²) in [7, 11) is 1.81. The van der Waals surface area contributed by atoms with Crippen molar-refractivity contribution in [2.24, 2.45) is 7.05 Å². The molecule has 4 rings (SSSR count). The molecule has 1 saturated heterocycles. The number of benzene rings is 1. The summed E-state index contributed by atoms with van der Waals surface area (Å²) in [5, 5.41) is 20.5. The molecule has 138 valence electrons. The van der Waals surface area contributed by atoms with Crippen LogP contribution in [0.1, 0.15) is 41.6 Å². The van der Waals surface area contributed by atoms with E-state index in [4.69, 9.17) is 4.74 Å². The van der Waals surface area contributed by atoms with Crippen LogP contribution in [0.2, 0.25) is 0 Å². The minimum absolute atomic E-state index is 0.275. The Bertz CT molecular complexity index is 798. The number of urea groups is 1. The lowest BCUT2D eigenvalue weighted by molar-refractivity contribution is 0.0791. The Kier molecular flexibility index (Phi) is 4.65. The number of aliphatic hydroxyl groups is 1. The molecule has 1 aliphatic carbocycles. The number of aromatic nitrogens is 2. The van der Waals surface area contributed by atoms with E-state index in [1.54, 1.807) is 4.68 Å². The second kappa shape index (κ2) is 7.09. The summed E-state index contributed by atoms with van der Waals surface area (Å²) in [6.45, 7) is 1.48. The van der Waals surface area contributed by atoms with Crippen LogP contribution in [0, 0.1) is 0 Å². The lowest BCUT2D eigenvalue weighted by Gasteiger charge is -2.19. The molecule has 1 aromatic carbocycles. The van der Waals surface area contributed by atoms with Gasteiger partial charge >= 0.3 is 6.03 Å². The zero-order valence-corrected chi connectivity index (χ0v) is 14.8. The largest absolute Gasteiger partial charge is 0.390 e. The fourth-order valence-electron chi connectivity index (χ4n) is 3.82. The number of anilines is 1. The number of aryl methyl sites for hydroxylation is 1. The first-order valence-corrected chi connectivity index (χ1v) is 9.07. The van der Waals surface area contributed by atoms with Gasteiger partial charge in [0.2, 0.25) is 0 Å². The van der Waals surface area contributed by atoms with Gasteiger partial charge in [0.05, 0.1) is 24.4 Å². The summed E-state index contributed by atoms with van der Waals surface area (Å²) in [6.07, 6.45) is 2.02. The first kappa shape index (κ1) is 17.1. The molecule has 2 heterocycles. The third-order valence-corrected chi connectivity index (χ3v) is 5.21. The van der Waals surface area contributed by atoms with Crippen molar-refractivity contribution in [3.63, 3.8) is 0 Å². The first-order chi connectivity index (χ1) is 12.6. The molecule has 7 nitrogen and oxygen atoms in total. The van der Waals surface area contributed by atoms with Crippen molar-refractivity contribution in [2.75, 3.05) is 18.5 Å². The van der Waals surface area contributed by atoms with E-state index in [1.807, 2.05) is 37.4 Å². The fraction of sp³-hybridized carbons (Fsp3) is 0.474. The van der Waals surface area contributed by atoms with E-state index >= 15 is 0 Å². The Morgan fingerprint density at radius 1 is 1.38 bits per heavy atom. The quantitative estimate of drug-likeness (QED) is 0.786. The monoisotopic (exact) mass is 356 g/mol. The van der Waals surface area contributed by atoms with Gasteiger partial charge in [0.25, 0.3) is 0 Å². The van der Waals surface area contributed by atoms with Gasteiger partial charge in [-0.15, -0.1) is 0 Å². The summed E-state index contributed by atoms with van der Waals surface area (Å²) < 4.78 is 7.19. The average Bonchev–Trinajstić information content (AvgIpc) is 3.16. The van der Waals surface area contributed by atoms with Gasteiger partial charge in [-0.2, -0.15) is 5.10 Å². The zero-order valence-electron chi connectivity index (χ0n) is 14.8. The van der Waals surface area contributed by atoms with Crippen LogP contribution in [0.4, 0.5) is 10.6 Å².